The Morgan fingerprint density at radius 1 is 1.11 bits per heavy atom. The van der Waals surface area contributed by atoms with Gasteiger partial charge in [-0.05, 0) is 19.4 Å². The SMILES string of the molecule is COCc1nc(C)nc(N2CCN(S(C)(=O)=O)CC2)c1Cc1cccc(C)c1. The van der Waals surface area contributed by atoms with Crippen LogP contribution in [-0.4, -0.2) is 62.2 Å². The first-order valence-corrected chi connectivity index (χ1v) is 11.2. The minimum atomic E-state index is -3.17. The number of anilines is 1. The Labute approximate surface area is 167 Å². The summed E-state index contributed by atoms with van der Waals surface area (Å²) in [4.78, 5) is 11.5. The topological polar surface area (TPSA) is 75.6 Å². The summed E-state index contributed by atoms with van der Waals surface area (Å²) in [6.07, 6.45) is 1.97. The van der Waals surface area contributed by atoms with Gasteiger partial charge >= 0.3 is 0 Å². The number of sulfonamides is 1. The van der Waals surface area contributed by atoms with E-state index in [-0.39, 0.29) is 0 Å². The Hall–Kier alpha value is -2.03. The van der Waals surface area contributed by atoms with Gasteiger partial charge in [-0.15, -0.1) is 0 Å². The number of ether oxygens (including phenoxy) is 1. The van der Waals surface area contributed by atoms with Crippen molar-refractivity contribution in [2.45, 2.75) is 26.9 Å². The maximum absolute atomic E-state index is 11.8. The van der Waals surface area contributed by atoms with Crippen molar-refractivity contribution in [3.05, 3.63) is 52.5 Å². The molecule has 3 rings (SSSR count). The Morgan fingerprint density at radius 3 is 2.43 bits per heavy atom. The number of aromatic nitrogens is 2. The van der Waals surface area contributed by atoms with Crippen LogP contribution in [0.4, 0.5) is 5.82 Å². The number of piperazine rings is 1. The lowest BCUT2D eigenvalue weighted by Gasteiger charge is -2.35. The summed E-state index contributed by atoms with van der Waals surface area (Å²) < 4.78 is 30.6. The lowest BCUT2D eigenvalue weighted by atomic mass is 10.0. The number of rotatable bonds is 6. The average Bonchev–Trinajstić information content (AvgIpc) is 2.63. The van der Waals surface area contributed by atoms with Gasteiger partial charge in [0.1, 0.15) is 11.6 Å². The van der Waals surface area contributed by atoms with Gasteiger partial charge in [0.15, 0.2) is 0 Å². The fourth-order valence-corrected chi connectivity index (χ4v) is 4.42. The maximum Gasteiger partial charge on any atom is 0.211 e. The van der Waals surface area contributed by atoms with E-state index in [1.54, 1.807) is 7.11 Å². The molecular weight excluding hydrogens is 376 g/mol. The van der Waals surface area contributed by atoms with Gasteiger partial charge in [-0.3, -0.25) is 0 Å². The van der Waals surface area contributed by atoms with E-state index in [2.05, 4.69) is 41.1 Å². The van der Waals surface area contributed by atoms with Crippen LogP contribution >= 0.6 is 0 Å². The average molecular weight is 405 g/mol. The predicted octanol–water partition coefficient (Wildman–Crippen LogP) is 1.91. The largest absolute Gasteiger partial charge is 0.378 e. The van der Waals surface area contributed by atoms with Gasteiger partial charge in [-0.1, -0.05) is 29.8 Å². The molecule has 0 spiro atoms. The predicted molar refractivity (Wildman–Crippen MR) is 110 cm³/mol. The summed E-state index contributed by atoms with van der Waals surface area (Å²) in [6.45, 7) is 6.52. The molecule has 0 N–H and O–H groups in total. The molecule has 0 amide bonds. The number of methoxy groups -OCH3 is 1. The van der Waals surface area contributed by atoms with Crippen molar-refractivity contribution in [3.63, 3.8) is 0 Å². The van der Waals surface area contributed by atoms with Gasteiger partial charge in [0.25, 0.3) is 0 Å². The van der Waals surface area contributed by atoms with Gasteiger partial charge < -0.3 is 9.64 Å². The van der Waals surface area contributed by atoms with Crippen LogP contribution < -0.4 is 4.90 Å². The summed E-state index contributed by atoms with van der Waals surface area (Å²) >= 11 is 0. The fourth-order valence-electron chi connectivity index (χ4n) is 3.59. The first-order chi connectivity index (χ1) is 13.3. The minimum absolute atomic E-state index is 0.417. The normalized spacial score (nSPS) is 15.8. The highest BCUT2D eigenvalue weighted by molar-refractivity contribution is 7.88. The zero-order valence-electron chi connectivity index (χ0n) is 17.0. The molecule has 0 saturated carbocycles. The lowest BCUT2D eigenvalue weighted by molar-refractivity contribution is 0.180. The maximum atomic E-state index is 11.8. The molecule has 2 heterocycles. The number of aryl methyl sites for hydroxylation is 2. The first kappa shape index (κ1) is 20.7. The second kappa shape index (κ2) is 8.55. The van der Waals surface area contributed by atoms with Crippen molar-refractivity contribution < 1.29 is 13.2 Å². The molecular formula is C20H28N4O3S. The molecule has 0 unspecified atom stereocenters. The first-order valence-electron chi connectivity index (χ1n) is 9.39. The standard InChI is InChI=1S/C20H28N4O3S/c1-15-6-5-7-17(12-15)13-18-19(14-27-3)21-16(2)22-20(18)23-8-10-24(11-9-23)28(4,25)26/h5-7,12H,8-11,13-14H2,1-4H3. The molecule has 0 bridgehead atoms. The monoisotopic (exact) mass is 404 g/mol. The van der Waals surface area contributed by atoms with Crippen LogP contribution in [0.25, 0.3) is 0 Å². The molecule has 1 aromatic carbocycles. The van der Waals surface area contributed by atoms with Crippen molar-refractivity contribution in [1.29, 1.82) is 0 Å². The summed E-state index contributed by atoms with van der Waals surface area (Å²) in [5, 5.41) is 0. The molecule has 0 radical (unpaired) electrons. The third kappa shape index (κ3) is 4.87. The molecule has 28 heavy (non-hydrogen) atoms. The van der Waals surface area contributed by atoms with Crippen molar-refractivity contribution in [2.75, 3.05) is 44.4 Å². The lowest BCUT2D eigenvalue weighted by Crippen LogP contribution is -2.49. The smallest absolute Gasteiger partial charge is 0.211 e. The van der Waals surface area contributed by atoms with E-state index < -0.39 is 10.0 Å². The van der Waals surface area contributed by atoms with Gasteiger partial charge in [0.2, 0.25) is 10.0 Å². The highest BCUT2D eigenvalue weighted by Gasteiger charge is 2.26. The summed E-state index contributed by atoms with van der Waals surface area (Å²) in [5.41, 5.74) is 4.34. The van der Waals surface area contributed by atoms with E-state index >= 15 is 0 Å². The minimum Gasteiger partial charge on any atom is -0.378 e. The van der Waals surface area contributed by atoms with Gasteiger partial charge in [0, 0.05) is 45.3 Å². The van der Waals surface area contributed by atoms with Crippen molar-refractivity contribution in [3.8, 4) is 0 Å². The highest BCUT2D eigenvalue weighted by Crippen LogP contribution is 2.26. The van der Waals surface area contributed by atoms with E-state index in [0.29, 0.717) is 45.0 Å². The Kier molecular flexibility index (Phi) is 6.32. The zero-order chi connectivity index (χ0) is 20.3. The summed E-state index contributed by atoms with van der Waals surface area (Å²) in [7, 11) is -1.50. The quantitative estimate of drug-likeness (QED) is 0.732. The molecule has 1 aromatic heterocycles. The van der Waals surface area contributed by atoms with Gasteiger partial charge in [-0.2, -0.15) is 4.31 Å². The van der Waals surface area contributed by atoms with E-state index in [4.69, 9.17) is 9.72 Å². The number of benzene rings is 1. The van der Waals surface area contributed by atoms with Crippen LogP contribution in [-0.2, 0) is 27.8 Å². The van der Waals surface area contributed by atoms with Crippen molar-refractivity contribution in [2.24, 2.45) is 0 Å². The van der Waals surface area contributed by atoms with Crippen LogP contribution in [0.15, 0.2) is 24.3 Å². The number of nitrogens with zero attached hydrogens (tertiary/aromatic N) is 4. The van der Waals surface area contributed by atoms with E-state index in [1.807, 2.05) is 6.92 Å². The number of hydrogen-bond acceptors (Lipinski definition) is 6. The Morgan fingerprint density at radius 2 is 1.82 bits per heavy atom. The third-order valence-corrected chi connectivity index (χ3v) is 6.24. The molecule has 1 fully saturated rings. The highest BCUT2D eigenvalue weighted by atomic mass is 32.2. The second-order valence-corrected chi connectivity index (χ2v) is 9.25. The molecule has 0 atom stereocenters. The van der Waals surface area contributed by atoms with Gasteiger partial charge in [0.05, 0.1) is 18.6 Å². The molecule has 7 nitrogen and oxygen atoms in total. The van der Waals surface area contributed by atoms with Crippen LogP contribution in [0.1, 0.15) is 28.2 Å². The van der Waals surface area contributed by atoms with E-state index in [0.717, 1.165) is 17.1 Å². The molecule has 1 aliphatic heterocycles. The van der Waals surface area contributed by atoms with Crippen LogP contribution in [0.5, 0.6) is 0 Å². The molecule has 1 aliphatic rings. The van der Waals surface area contributed by atoms with E-state index in [9.17, 15) is 8.42 Å². The van der Waals surface area contributed by atoms with Crippen LogP contribution in [0.3, 0.4) is 0 Å². The van der Waals surface area contributed by atoms with Crippen molar-refractivity contribution in [1.82, 2.24) is 14.3 Å². The summed E-state index contributed by atoms with van der Waals surface area (Å²) in [6, 6.07) is 8.41. The molecule has 152 valence electrons. The fraction of sp³-hybridized carbons (Fsp3) is 0.500. The molecule has 0 aliphatic carbocycles. The van der Waals surface area contributed by atoms with Crippen LogP contribution in [0.2, 0.25) is 0 Å². The van der Waals surface area contributed by atoms with E-state index in [1.165, 1.54) is 21.7 Å². The Bertz CT molecular complexity index is 938. The summed E-state index contributed by atoms with van der Waals surface area (Å²) in [5.74, 6) is 1.58. The molecule has 8 heteroatoms. The van der Waals surface area contributed by atoms with Gasteiger partial charge in [-0.25, -0.2) is 18.4 Å². The zero-order valence-corrected chi connectivity index (χ0v) is 17.8. The number of hydrogen-bond donors (Lipinski definition) is 0. The molecule has 2 aromatic rings. The molecule has 1 saturated heterocycles. The third-order valence-electron chi connectivity index (χ3n) is 4.93. The van der Waals surface area contributed by atoms with Crippen molar-refractivity contribution >= 4 is 15.8 Å². The Balaban J connectivity index is 1.95. The second-order valence-electron chi connectivity index (χ2n) is 7.27. The van der Waals surface area contributed by atoms with Crippen LogP contribution in [0, 0.1) is 13.8 Å².